The zero-order valence-corrected chi connectivity index (χ0v) is 20.6. The Morgan fingerprint density at radius 2 is 1.88 bits per heavy atom. The van der Waals surface area contributed by atoms with Gasteiger partial charge in [-0.2, -0.15) is 0 Å². The highest BCUT2D eigenvalue weighted by Crippen LogP contribution is 2.34. The van der Waals surface area contributed by atoms with E-state index in [1.54, 1.807) is 20.2 Å². The van der Waals surface area contributed by atoms with Crippen molar-refractivity contribution >= 4 is 40.2 Å². The molecule has 0 aromatic carbocycles. The number of rotatable bonds is 10. The van der Waals surface area contributed by atoms with E-state index >= 15 is 0 Å². The first-order chi connectivity index (χ1) is 15.5. The lowest BCUT2D eigenvalue weighted by molar-refractivity contribution is -0.136. The summed E-state index contributed by atoms with van der Waals surface area (Å²) in [7, 11) is 1.68. The van der Waals surface area contributed by atoms with Crippen LogP contribution in [0.3, 0.4) is 0 Å². The smallest absolute Gasteiger partial charge is 0.324 e. The van der Waals surface area contributed by atoms with E-state index in [0.29, 0.717) is 18.3 Å². The molecule has 1 atom stereocenters. The first kappa shape index (κ1) is 25.3. The molecular formula is C22H35N3O5S2. The van der Waals surface area contributed by atoms with E-state index in [4.69, 9.17) is 14.6 Å². The molecule has 1 heterocycles. The molecule has 32 heavy (non-hydrogen) atoms. The van der Waals surface area contributed by atoms with Crippen LogP contribution in [0.25, 0.3) is 0 Å². The zero-order chi connectivity index (χ0) is 22.9. The Morgan fingerprint density at radius 3 is 2.53 bits per heavy atom. The fourth-order valence-electron chi connectivity index (χ4n) is 4.53. The van der Waals surface area contributed by atoms with Crippen molar-refractivity contribution in [1.82, 2.24) is 9.88 Å². The molecule has 0 aliphatic heterocycles. The maximum atomic E-state index is 13.4. The Balaban J connectivity index is 1.61. The van der Waals surface area contributed by atoms with Gasteiger partial charge < -0.3 is 19.5 Å². The van der Waals surface area contributed by atoms with E-state index in [-0.39, 0.29) is 24.2 Å². The van der Waals surface area contributed by atoms with E-state index in [0.717, 1.165) is 55.6 Å². The topological polar surface area (TPSA) is 101 Å². The third kappa shape index (κ3) is 7.33. The van der Waals surface area contributed by atoms with Crippen molar-refractivity contribution in [1.29, 1.82) is 0 Å². The molecule has 1 unspecified atom stereocenters. The lowest BCUT2D eigenvalue weighted by atomic mass is 9.88. The van der Waals surface area contributed by atoms with Gasteiger partial charge in [0.25, 0.3) is 0 Å². The number of aliphatic carboxylic acids is 1. The third-order valence-electron chi connectivity index (χ3n) is 6.22. The lowest BCUT2D eigenvalue weighted by Gasteiger charge is -2.42. The van der Waals surface area contributed by atoms with Gasteiger partial charge in [-0.1, -0.05) is 42.4 Å². The van der Waals surface area contributed by atoms with Crippen molar-refractivity contribution in [2.75, 3.05) is 25.6 Å². The number of nitrogens with one attached hydrogen (secondary N) is 1. The molecule has 2 amide bonds. The third-order valence-corrected chi connectivity index (χ3v) is 8.36. The number of thioether (sulfide) groups is 1. The van der Waals surface area contributed by atoms with E-state index < -0.39 is 11.2 Å². The van der Waals surface area contributed by atoms with Gasteiger partial charge >= 0.3 is 12.0 Å². The second-order valence-electron chi connectivity index (χ2n) is 8.51. The normalized spacial score (nSPS) is 22.9. The number of hydrogen-bond acceptors (Lipinski definition) is 7. The van der Waals surface area contributed by atoms with Gasteiger partial charge in [-0.05, 0) is 45.4 Å². The molecule has 1 aromatic heterocycles. The largest absolute Gasteiger partial charge is 0.480 e. The standard InChI is InChI=1S/C22H35N3O5S2/c1-15(20(26)27)31-19-14-23-21(32-19)24-22(28)25(16-6-4-3-5-7-16)17-8-10-18(11-9-17)30-13-12-29-2/h14-18H,3-13H2,1-2H3,(H,26,27)(H,23,24,28)/t15?,17-,18-. The molecule has 10 heteroatoms. The van der Waals surface area contributed by atoms with Crippen LogP contribution in [0.2, 0.25) is 0 Å². The number of ether oxygens (including phenoxy) is 2. The maximum absolute atomic E-state index is 13.4. The first-order valence-electron chi connectivity index (χ1n) is 11.5. The molecule has 1 aromatic rings. The van der Waals surface area contributed by atoms with E-state index in [2.05, 4.69) is 15.2 Å². The van der Waals surface area contributed by atoms with Gasteiger partial charge in [0.1, 0.15) is 5.25 Å². The predicted octanol–water partition coefficient (Wildman–Crippen LogP) is 4.85. The van der Waals surface area contributed by atoms with Crippen molar-refractivity contribution in [3.63, 3.8) is 0 Å². The van der Waals surface area contributed by atoms with Gasteiger partial charge in [0.2, 0.25) is 0 Å². The summed E-state index contributed by atoms with van der Waals surface area (Å²) in [6, 6.07) is 0.389. The molecule has 2 aliphatic rings. The van der Waals surface area contributed by atoms with Gasteiger partial charge in [0, 0.05) is 19.2 Å². The Bertz CT molecular complexity index is 733. The predicted molar refractivity (Wildman–Crippen MR) is 127 cm³/mol. The van der Waals surface area contributed by atoms with Crippen molar-refractivity contribution in [2.45, 2.75) is 92.4 Å². The first-order valence-corrected chi connectivity index (χ1v) is 13.2. The number of nitrogens with zero attached hydrogens (tertiary/aromatic N) is 2. The van der Waals surface area contributed by atoms with Crippen LogP contribution in [-0.4, -0.2) is 70.8 Å². The van der Waals surface area contributed by atoms with Crippen molar-refractivity contribution < 1.29 is 24.2 Å². The lowest BCUT2D eigenvalue weighted by Crippen LogP contribution is -2.51. The minimum atomic E-state index is -0.862. The minimum Gasteiger partial charge on any atom is -0.480 e. The zero-order valence-electron chi connectivity index (χ0n) is 19.0. The summed E-state index contributed by atoms with van der Waals surface area (Å²) in [4.78, 5) is 30.9. The fourth-order valence-corrected chi connectivity index (χ4v) is 6.49. The average Bonchev–Trinajstić information content (AvgIpc) is 3.22. The van der Waals surface area contributed by atoms with Crippen LogP contribution in [0.1, 0.15) is 64.7 Å². The van der Waals surface area contributed by atoms with Gasteiger partial charge in [-0.25, -0.2) is 9.78 Å². The number of methoxy groups -OCH3 is 1. The number of thiazole rings is 1. The molecule has 0 radical (unpaired) electrons. The second kappa shape index (κ2) is 12.8. The number of aromatic nitrogens is 1. The van der Waals surface area contributed by atoms with E-state index in [1.165, 1.54) is 29.5 Å². The number of carboxylic acids is 1. The number of amides is 2. The molecular weight excluding hydrogens is 450 g/mol. The summed E-state index contributed by atoms with van der Waals surface area (Å²) in [5.74, 6) is -0.862. The van der Waals surface area contributed by atoms with Crippen LogP contribution in [0.5, 0.6) is 0 Å². The summed E-state index contributed by atoms with van der Waals surface area (Å²) >= 11 is 2.57. The summed E-state index contributed by atoms with van der Waals surface area (Å²) in [5, 5.41) is 12.1. The molecule has 0 spiro atoms. The summed E-state index contributed by atoms with van der Waals surface area (Å²) in [6.45, 7) is 2.87. The molecule has 2 N–H and O–H groups in total. The quantitative estimate of drug-likeness (QED) is 0.361. The Labute approximate surface area is 198 Å². The number of carbonyl (C=O) groups excluding carboxylic acids is 1. The van der Waals surface area contributed by atoms with Crippen LogP contribution in [-0.2, 0) is 14.3 Å². The Kier molecular flexibility index (Phi) is 10.1. The van der Waals surface area contributed by atoms with Crippen LogP contribution in [0.15, 0.2) is 10.4 Å². The number of carbonyl (C=O) groups is 2. The molecule has 2 saturated carbocycles. The number of hydrogen-bond donors (Lipinski definition) is 2. The van der Waals surface area contributed by atoms with Gasteiger partial charge in [0.15, 0.2) is 5.13 Å². The van der Waals surface area contributed by atoms with Gasteiger partial charge in [-0.15, -0.1) is 0 Å². The monoisotopic (exact) mass is 485 g/mol. The molecule has 2 aliphatic carbocycles. The van der Waals surface area contributed by atoms with Crippen LogP contribution < -0.4 is 5.32 Å². The van der Waals surface area contributed by atoms with Crippen LogP contribution in [0, 0.1) is 0 Å². The Morgan fingerprint density at radius 1 is 1.19 bits per heavy atom. The highest BCUT2D eigenvalue weighted by atomic mass is 32.2. The summed E-state index contributed by atoms with van der Waals surface area (Å²) in [5.41, 5.74) is 0. The minimum absolute atomic E-state index is 0.0853. The molecule has 8 nitrogen and oxygen atoms in total. The fraction of sp³-hybridized carbons (Fsp3) is 0.773. The highest BCUT2D eigenvalue weighted by Gasteiger charge is 2.35. The molecule has 180 valence electrons. The van der Waals surface area contributed by atoms with Crippen molar-refractivity contribution in [2.24, 2.45) is 0 Å². The van der Waals surface area contributed by atoms with Crippen molar-refractivity contribution in [3.05, 3.63) is 6.20 Å². The number of anilines is 1. The average molecular weight is 486 g/mol. The number of urea groups is 1. The Hall–Kier alpha value is -1.36. The van der Waals surface area contributed by atoms with Crippen LogP contribution in [0.4, 0.5) is 9.93 Å². The second-order valence-corrected chi connectivity index (χ2v) is 11.2. The SMILES string of the molecule is COCCO[C@H]1CC[C@H](N(C(=O)Nc2ncc(SC(C)C(=O)O)s2)C2CCCCC2)CC1. The van der Waals surface area contributed by atoms with Crippen LogP contribution >= 0.6 is 23.1 Å². The molecule has 0 saturated heterocycles. The maximum Gasteiger partial charge on any atom is 0.324 e. The molecule has 0 bridgehead atoms. The molecule has 2 fully saturated rings. The van der Waals surface area contributed by atoms with Gasteiger partial charge in [-0.3, -0.25) is 10.1 Å². The molecule has 3 rings (SSSR count). The summed E-state index contributed by atoms with van der Waals surface area (Å²) < 4.78 is 11.8. The summed E-state index contributed by atoms with van der Waals surface area (Å²) in [6.07, 6.45) is 11.3. The number of carboxylic acid groups (broad SMARTS) is 1. The van der Waals surface area contributed by atoms with E-state index in [9.17, 15) is 9.59 Å². The van der Waals surface area contributed by atoms with E-state index in [1.807, 2.05) is 0 Å². The highest BCUT2D eigenvalue weighted by molar-refractivity contribution is 8.02. The van der Waals surface area contributed by atoms with Crippen molar-refractivity contribution in [3.8, 4) is 0 Å². The van der Waals surface area contributed by atoms with Gasteiger partial charge in [0.05, 0.1) is 29.7 Å².